The van der Waals surface area contributed by atoms with Crippen LogP contribution >= 0.6 is 11.3 Å². The van der Waals surface area contributed by atoms with Gasteiger partial charge in [-0.15, -0.1) is 0 Å². The Kier molecular flexibility index (Phi) is 6.24. The number of aromatic nitrogens is 1. The van der Waals surface area contributed by atoms with Crippen molar-refractivity contribution in [1.29, 1.82) is 0 Å². The van der Waals surface area contributed by atoms with Crippen LogP contribution in [0, 0.1) is 5.82 Å². The van der Waals surface area contributed by atoms with Crippen LogP contribution in [-0.2, 0) is 6.42 Å². The maximum absolute atomic E-state index is 13.9. The number of thiazole rings is 1. The van der Waals surface area contributed by atoms with Gasteiger partial charge in [0.1, 0.15) is 11.6 Å². The molecular weight excluding hydrogens is 497 g/mol. The van der Waals surface area contributed by atoms with Gasteiger partial charge in [0.2, 0.25) is 0 Å². The number of halogens is 1. The first kappa shape index (κ1) is 24.4. The average Bonchev–Trinajstić information content (AvgIpc) is 3.24. The Morgan fingerprint density at radius 1 is 1.08 bits per heavy atom. The molecule has 1 aromatic heterocycles. The van der Waals surface area contributed by atoms with Gasteiger partial charge in [0, 0.05) is 36.0 Å². The first-order chi connectivity index (χ1) is 18.5. The van der Waals surface area contributed by atoms with E-state index in [9.17, 15) is 14.3 Å². The van der Waals surface area contributed by atoms with Gasteiger partial charge in [-0.25, -0.2) is 9.38 Å². The molecule has 0 saturated heterocycles. The minimum atomic E-state index is -0.365. The average molecular weight is 526 g/mol. The maximum atomic E-state index is 13.9. The molecule has 2 aliphatic rings. The van der Waals surface area contributed by atoms with E-state index in [0.717, 1.165) is 54.0 Å². The summed E-state index contributed by atoms with van der Waals surface area (Å²) in [6.45, 7) is 5.83. The second-order valence-electron chi connectivity index (χ2n) is 9.58. The van der Waals surface area contributed by atoms with Gasteiger partial charge in [0.05, 0.1) is 16.3 Å². The van der Waals surface area contributed by atoms with Crippen molar-refractivity contribution in [2.75, 3.05) is 18.0 Å². The third-order valence-corrected chi connectivity index (χ3v) is 8.47. The fourth-order valence-electron chi connectivity index (χ4n) is 5.55. The fourth-order valence-corrected chi connectivity index (χ4v) is 6.54. The number of aromatic hydroxyl groups is 1. The second-order valence-corrected chi connectivity index (χ2v) is 10.6. The van der Waals surface area contributed by atoms with E-state index in [4.69, 9.17) is 4.99 Å². The van der Waals surface area contributed by atoms with Crippen molar-refractivity contribution < 1.29 is 9.50 Å². The zero-order valence-electron chi connectivity index (χ0n) is 21.3. The number of phenolic OH excluding ortho intramolecular Hbond substituents is 1. The topological polar surface area (TPSA) is 57.8 Å². The lowest BCUT2D eigenvalue weighted by Gasteiger charge is -2.30. The van der Waals surface area contributed by atoms with Crippen LogP contribution in [0.25, 0.3) is 11.8 Å². The van der Waals surface area contributed by atoms with Crippen molar-refractivity contribution in [2.45, 2.75) is 32.7 Å². The number of rotatable bonds is 5. The number of hydrogen-bond acceptors (Lipinski definition) is 5. The first-order valence-electron chi connectivity index (χ1n) is 12.9. The van der Waals surface area contributed by atoms with Gasteiger partial charge in [-0.05, 0) is 73.7 Å². The van der Waals surface area contributed by atoms with Gasteiger partial charge in [-0.1, -0.05) is 47.7 Å². The summed E-state index contributed by atoms with van der Waals surface area (Å²) in [6, 6.07) is 19.8. The van der Waals surface area contributed by atoms with Gasteiger partial charge >= 0.3 is 0 Å². The third kappa shape index (κ3) is 4.07. The van der Waals surface area contributed by atoms with Gasteiger partial charge in [0.25, 0.3) is 5.56 Å². The largest absolute Gasteiger partial charge is 0.507 e. The minimum Gasteiger partial charge on any atom is -0.507 e. The monoisotopic (exact) mass is 525 g/mol. The van der Waals surface area contributed by atoms with Gasteiger partial charge in [-0.2, -0.15) is 0 Å². The van der Waals surface area contributed by atoms with Crippen molar-refractivity contribution in [3.05, 3.63) is 120 Å². The van der Waals surface area contributed by atoms with Crippen LogP contribution in [0.4, 0.5) is 10.1 Å². The molecule has 1 aliphatic carbocycles. The van der Waals surface area contributed by atoms with Crippen LogP contribution in [0.15, 0.2) is 82.1 Å². The quantitative estimate of drug-likeness (QED) is 0.399. The summed E-state index contributed by atoms with van der Waals surface area (Å²) >= 11 is 1.32. The van der Waals surface area contributed by atoms with E-state index in [-0.39, 0.29) is 23.2 Å². The van der Waals surface area contributed by atoms with E-state index in [1.54, 1.807) is 28.8 Å². The first-order valence-corrected chi connectivity index (χ1v) is 13.8. The molecule has 0 unspecified atom stereocenters. The van der Waals surface area contributed by atoms with Crippen LogP contribution in [0.2, 0.25) is 0 Å². The molecule has 192 valence electrons. The van der Waals surface area contributed by atoms with Crippen molar-refractivity contribution in [3.8, 4) is 5.75 Å². The van der Waals surface area contributed by atoms with E-state index in [1.165, 1.54) is 29.0 Å². The summed E-state index contributed by atoms with van der Waals surface area (Å²) in [5.41, 5.74) is 6.51. The Morgan fingerprint density at radius 2 is 1.84 bits per heavy atom. The molecule has 38 heavy (non-hydrogen) atoms. The lowest BCUT2D eigenvalue weighted by molar-refractivity contribution is 0.474. The predicted molar refractivity (Wildman–Crippen MR) is 151 cm³/mol. The smallest absolute Gasteiger partial charge is 0.271 e. The van der Waals surface area contributed by atoms with Crippen molar-refractivity contribution in [2.24, 2.45) is 4.99 Å². The predicted octanol–water partition coefficient (Wildman–Crippen LogP) is 5.01. The van der Waals surface area contributed by atoms with E-state index < -0.39 is 0 Å². The summed E-state index contributed by atoms with van der Waals surface area (Å²) in [5, 5.41) is 10.8. The molecule has 0 bridgehead atoms. The molecule has 6 rings (SSSR count). The highest BCUT2D eigenvalue weighted by Gasteiger charge is 2.32. The number of fused-ring (bicyclic) bond motifs is 3. The highest BCUT2D eigenvalue weighted by atomic mass is 32.1. The summed E-state index contributed by atoms with van der Waals surface area (Å²) in [4.78, 5) is 21.6. The Labute approximate surface area is 224 Å². The highest BCUT2D eigenvalue weighted by molar-refractivity contribution is 7.07. The summed E-state index contributed by atoms with van der Waals surface area (Å²) in [5.74, 6) is -0.184. The second kappa shape index (κ2) is 9.72. The van der Waals surface area contributed by atoms with Crippen molar-refractivity contribution in [1.82, 2.24) is 4.57 Å². The zero-order chi connectivity index (χ0) is 26.4. The molecule has 1 atom stereocenters. The molecule has 5 nitrogen and oxygen atoms in total. The Balaban J connectivity index is 1.54. The highest BCUT2D eigenvalue weighted by Crippen LogP contribution is 2.41. The molecule has 0 saturated carbocycles. The van der Waals surface area contributed by atoms with E-state index in [2.05, 4.69) is 30.9 Å². The molecule has 0 spiro atoms. The number of allylic oxidation sites excluding steroid dienone is 1. The molecule has 0 fully saturated rings. The maximum Gasteiger partial charge on any atom is 0.271 e. The Bertz CT molecular complexity index is 1750. The Hall–Kier alpha value is -3.97. The minimum absolute atomic E-state index is 0.128. The summed E-state index contributed by atoms with van der Waals surface area (Å²) < 4.78 is 16.1. The van der Waals surface area contributed by atoms with Crippen LogP contribution in [0.1, 0.15) is 48.6 Å². The molecular formula is C31H28FN3O2S. The number of aryl methyl sites for hydroxylation is 1. The summed E-state index contributed by atoms with van der Waals surface area (Å²) in [6.07, 6.45) is 3.37. The van der Waals surface area contributed by atoms with Crippen molar-refractivity contribution in [3.63, 3.8) is 0 Å². The van der Waals surface area contributed by atoms with Crippen LogP contribution < -0.4 is 19.8 Å². The normalized spacial score (nSPS) is 16.5. The standard InChI is InChI=1S/C31H28FN3O2S/c1-3-34(4-2)23-15-11-21(26(36)18-23)17-27-30(37)35-29(20-9-13-22(32)14-10-20)25-16-12-19-7-5-6-8-24(19)28(25)33-31(35)38-27/h5-11,13-15,17-18,29,36H,3-4,12,16H2,1-2H3/b27-17-/t29-/m0/s1. The van der Waals surface area contributed by atoms with Crippen molar-refractivity contribution >= 4 is 28.8 Å². The molecule has 7 heteroatoms. The van der Waals surface area contributed by atoms with Gasteiger partial charge in [-0.3, -0.25) is 9.36 Å². The van der Waals surface area contributed by atoms with E-state index >= 15 is 0 Å². The molecule has 0 amide bonds. The molecule has 2 heterocycles. The SMILES string of the molecule is CCN(CC)c1ccc(/C=c2\sc3n(c2=O)[C@@H](c2ccc(F)cc2)C2=C(N=3)c3ccccc3CC2)c(O)c1. The fraction of sp³-hybridized carbons (Fsp3) is 0.226. The van der Waals surface area contributed by atoms with E-state index in [0.29, 0.717) is 14.9 Å². The number of nitrogens with zero attached hydrogens (tertiary/aromatic N) is 3. The lowest BCUT2D eigenvalue weighted by Crippen LogP contribution is -2.38. The van der Waals surface area contributed by atoms with Gasteiger partial charge in [0.15, 0.2) is 4.80 Å². The molecule has 0 radical (unpaired) electrons. The summed E-state index contributed by atoms with van der Waals surface area (Å²) in [7, 11) is 0. The van der Waals surface area contributed by atoms with E-state index in [1.807, 2.05) is 24.3 Å². The number of anilines is 1. The number of benzene rings is 3. The Morgan fingerprint density at radius 3 is 2.58 bits per heavy atom. The number of hydrogen-bond donors (Lipinski definition) is 1. The zero-order valence-corrected chi connectivity index (χ0v) is 22.1. The van der Waals surface area contributed by atoms with Crippen LogP contribution in [0.3, 0.4) is 0 Å². The molecule has 3 aromatic carbocycles. The van der Waals surface area contributed by atoms with Crippen LogP contribution in [-0.4, -0.2) is 22.8 Å². The van der Waals surface area contributed by atoms with Crippen LogP contribution in [0.5, 0.6) is 5.75 Å². The molecule has 4 aromatic rings. The number of phenols is 1. The lowest BCUT2D eigenvalue weighted by atomic mass is 9.83. The van der Waals surface area contributed by atoms with Gasteiger partial charge < -0.3 is 10.0 Å². The third-order valence-electron chi connectivity index (χ3n) is 7.49. The molecule has 1 N–H and O–H groups in total. The molecule has 1 aliphatic heterocycles.